The lowest BCUT2D eigenvalue weighted by molar-refractivity contribution is 0.0922. The van der Waals surface area contributed by atoms with Crippen LogP contribution in [0, 0.1) is 0 Å². The molecule has 0 atom stereocenters. The van der Waals surface area contributed by atoms with Crippen molar-refractivity contribution in [1.82, 2.24) is 0 Å². The number of carbonyl (C=O) groups excluding carboxylic acids is 3. The van der Waals surface area contributed by atoms with E-state index in [4.69, 9.17) is 11.6 Å². The second-order valence-electron chi connectivity index (χ2n) is 7.04. The van der Waals surface area contributed by atoms with E-state index in [1.54, 1.807) is 12.1 Å². The molecule has 2 amide bonds. The first-order valence-electron chi connectivity index (χ1n) is 8.60. The fourth-order valence-electron chi connectivity index (χ4n) is 3.42. The van der Waals surface area contributed by atoms with E-state index in [9.17, 15) is 14.4 Å². The Kier molecular flexibility index (Phi) is 4.72. The van der Waals surface area contributed by atoms with Gasteiger partial charge in [-0.2, -0.15) is 0 Å². The molecule has 0 saturated carbocycles. The number of fused-ring (bicyclic) bond motifs is 1. The fraction of sp³-hybridized carbons (Fsp3) is 0.286. The molecule has 0 saturated heterocycles. The second kappa shape index (κ2) is 6.69. The first kappa shape index (κ1) is 18.3. The molecule has 0 radical (unpaired) electrons. The van der Waals surface area contributed by atoms with Crippen molar-refractivity contribution in [3.05, 3.63) is 64.2 Å². The van der Waals surface area contributed by atoms with Crippen molar-refractivity contribution in [2.24, 2.45) is 0 Å². The summed E-state index contributed by atoms with van der Waals surface area (Å²) in [7, 11) is 0. The summed E-state index contributed by atoms with van der Waals surface area (Å²) in [5, 5.41) is -0.744. The maximum atomic E-state index is 13.2. The van der Waals surface area contributed by atoms with Crippen LogP contribution in [0.3, 0.4) is 0 Å². The van der Waals surface area contributed by atoms with Crippen LogP contribution < -0.4 is 4.90 Å². The monoisotopic (exact) mass is 369 g/mol. The Labute approximate surface area is 157 Å². The Hall–Kier alpha value is -2.46. The molecule has 0 spiro atoms. The second-order valence-corrected chi connectivity index (χ2v) is 7.39. The molecule has 3 rings (SSSR count). The van der Waals surface area contributed by atoms with Crippen LogP contribution in [0.2, 0.25) is 0 Å². The lowest BCUT2D eigenvalue weighted by Gasteiger charge is -2.25. The molecule has 0 aromatic heterocycles. The molecular weight excluding hydrogens is 350 g/mol. The Balaban J connectivity index is 2.28. The van der Waals surface area contributed by atoms with Crippen molar-refractivity contribution in [1.29, 1.82) is 0 Å². The number of imide groups is 1. The zero-order valence-corrected chi connectivity index (χ0v) is 15.9. The van der Waals surface area contributed by atoms with Crippen LogP contribution in [-0.4, -0.2) is 17.1 Å². The number of halogens is 1. The van der Waals surface area contributed by atoms with Gasteiger partial charge in [-0.1, -0.05) is 52.0 Å². The van der Waals surface area contributed by atoms with E-state index in [0.717, 1.165) is 11.1 Å². The van der Waals surface area contributed by atoms with Gasteiger partial charge in [0.05, 0.1) is 16.8 Å². The number of amides is 2. The maximum absolute atomic E-state index is 13.2. The molecule has 5 heteroatoms. The van der Waals surface area contributed by atoms with E-state index < -0.39 is 17.1 Å². The number of hydrogen-bond donors (Lipinski definition) is 0. The highest BCUT2D eigenvalue weighted by Crippen LogP contribution is 2.40. The van der Waals surface area contributed by atoms with Gasteiger partial charge in [-0.05, 0) is 46.7 Å². The first-order valence-corrected chi connectivity index (χ1v) is 8.97. The zero-order valence-electron chi connectivity index (χ0n) is 15.2. The van der Waals surface area contributed by atoms with Gasteiger partial charge in [0.2, 0.25) is 0 Å². The Bertz CT molecular complexity index is 905. The summed E-state index contributed by atoms with van der Waals surface area (Å²) in [5.74, 6) is -0.659. The lowest BCUT2D eigenvalue weighted by atomic mass is 9.92. The van der Waals surface area contributed by atoms with E-state index in [-0.39, 0.29) is 28.5 Å². The zero-order chi connectivity index (χ0) is 19.2. The van der Waals surface area contributed by atoms with E-state index in [1.165, 1.54) is 11.0 Å². The van der Waals surface area contributed by atoms with Crippen LogP contribution in [0.25, 0.3) is 0 Å². The van der Waals surface area contributed by atoms with Crippen molar-refractivity contribution in [3.63, 3.8) is 0 Å². The molecule has 1 heterocycles. The third kappa shape index (κ3) is 2.74. The Morgan fingerprint density at radius 1 is 0.885 bits per heavy atom. The number of para-hydroxylation sites is 1. The van der Waals surface area contributed by atoms with Crippen molar-refractivity contribution in [3.8, 4) is 0 Å². The first-order chi connectivity index (χ1) is 12.3. The molecule has 0 fully saturated rings. The van der Waals surface area contributed by atoms with Crippen molar-refractivity contribution >= 4 is 34.3 Å². The SMILES string of the molecule is CC(C)c1cccc(C(C)C)c1N1C(=O)c2cccc(C(=O)Cl)c2C1=O. The molecule has 0 unspecified atom stereocenters. The molecule has 2 aromatic rings. The number of anilines is 1. The van der Waals surface area contributed by atoms with Gasteiger partial charge in [0.15, 0.2) is 0 Å². The molecule has 1 aliphatic rings. The van der Waals surface area contributed by atoms with E-state index in [0.29, 0.717) is 5.69 Å². The summed E-state index contributed by atoms with van der Waals surface area (Å²) in [4.78, 5) is 39.2. The average molecular weight is 370 g/mol. The number of carbonyl (C=O) groups is 3. The standard InChI is InChI=1S/C21H20ClNO3/c1-11(2)13-7-5-8-14(12(3)4)18(13)23-20(25)16-10-6-9-15(19(22)24)17(16)21(23)26/h5-12H,1-4H3. The molecule has 2 aromatic carbocycles. The highest BCUT2D eigenvalue weighted by Gasteiger charge is 2.41. The molecule has 1 aliphatic heterocycles. The van der Waals surface area contributed by atoms with Gasteiger partial charge in [-0.25, -0.2) is 4.90 Å². The van der Waals surface area contributed by atoms with Crippen LogP contribution in [0.4, 0.5) is 5.69 Å². The molecule has 0 N–H and O–H groups in total. The summed E-state index contributed by atoms with van der Waals surface area (Å²) < 4.78 is 0. The Morgan fingerprint density at radius 3 is 1.92 bits per heavy atom. The van der Waals surface area contributed by atoms with Gasteiger partial charge < -0.3 is 0 Å². The van der Waals surface area contributed by atoms with Crippen molar-refractivity contribution in [2.75, 3.05) is 4.90 Å². The molecule has 26 heavy (non-hydrogen) atoms. The molecular formula is C21H20ClNO3. The van der Waals surface area contributed by atoms with Crippen molar-refractivity contribution < 1.29 is 14.4 Å². The topological polar surface area (TPSA) is 54.5 Å². The van der Waals surface area contributed by atoms with E-state index in [2.05, 4.69) is 0 Å². The average Bonchev–Trinajstić information content (AvgIpc) is 2.85. The van der Waals surface area contributed by atoms with Gasteiger partial charge in [-0.3, -0.25) is 14.4 Å². The minimum absolute atomic E-state index is 0.0677. The fourth-order valence-corrected chi connectivity index (χ4v) is 3.58. The summed E-state index contributed by atoms with van der Waals surface area (Å²) >= 11 is 5.64. The Morgan fingerprint density at radius 2 is 1.42 bits per heavy atom. The van der Waals surface area contributed by atoms with Crippen LogP contribution in [-0.2, 0) is 0 Å². The highest BCUT2D eigenvalue weighted by atomic mass is 35.5. The molecule has 0 aliphatic carbocycles. The van der Waals surface area contributed by atoms with Gasteiger partial charge in [0.1, 0.15) is 0 Å². The van der Waals surface area contributed by atoms with Gasteiger partial charge in [-0.15, -0.1) is 0 Å². The number of benzene rings is 2. The molecule has 134 valence electrons. The van der Waals surface area contributed by atoms with Gasteiger partial charge in [0.25, 0.3) is 17.1 Å². The van der Waals surface area contributed by atoms with E-state index in [1.807, 2.05) is 45.9 Å². The van der Waals surface area contributed by atoms with E-state index >= 15 is 0 Å². The van der Waals surface area contributed by atoms with Crippen LogP contribution >= 0.6 is 11.6 Å². The number of hydrogen-bond acceptors (Lipinski definition) is 3. The third-order valence-electron chi connectivity index (χ3n) is 4.69. The van der Waals surface area contributed by atoms with Crippen molar-refractivity contribution in [2.45, 2.75) is 39.5 Å². The minimum Gasteiger partial charge on any atom is -0.276 e. The summed E-state index contributed by atoms with van der Waals surface area (Å²) in [5.41, 5.74) is 2.84. The number of rotatable bonds is 4. The largest absolute Gasteiger partial charge is 0.276 e. The molecule has 0 bridgehead atoms. The van der Waals surface area contributed by atoms with Crippen LogP contribution in [0.5, 0.6) is 0 Å². The lowest BCUT2D eigenvalue weighted by Crippen LogP contribution is -2.32. The van der Waals surface area contributed by atoms with Crippen LogP contribution in [0.15, 0.2) is 36.4 Å². The maximum Gasteiger partial charge on any atom is 0.266 e. The number of nitrogens with zero attached hydrogens (tertiary/aromatic N) is 1. The van der Waals surface area contributed by atoms with Crippen LogP contribution in [0.1, 0.15) is 81.7 Å². The quantitative estimate of drug-likeness (QED) is 0.555. The summed E-state index contributed by atoms with van der Waals surface area (Å²) in [6.45, 7) is 8.09. The summed E-state index contributed by atoms with van der Waals surface area (Å²) in [6.07, 6.45) is 0. The third-order valence-corrected chi connectivity index (χ3v) is 4.90. The minimum atomic E-state index is -0.744. The van der Waals surface area contributed by atoms with Gasteiger partial charge >= 0.3 is 0 Å². The predicted molar refractivity (Wildman–Crippen MR) is 102 cm³/mol. The molecule has 4 nitrogen and oxygen atoms in total. The summed E-state index contributed by atoms with van der Waals surface area (Å²) in [6, 6.07) is 10.4. The highest BCUT2D eigenvalue weighted by molar-refractivity contribution is 6.68. The predicted octanol–water partition coefficient (Wildman–Crippen LogP) is 5.11. The smallest absolute Gasteiger partial charge is 0.266 e. The van der Waals surface area contributed by atoms with Gasteiger partial charge in [0, 0.05) is 5.56 Å². The normalized spacial score (nSPS) is 13.7.